The van der Waals surface area contributed by atoms with E-state index >= 15 is 0 Å². The van der Waals surface area contributed by atoms with Crippen LogP contribution in [-0.4, -0.2) is 250 Å². The van der Waals surface area contributed by atoms with E-state index in [0.717, 1.165) is 119 Å². The summed E-state index contributed by atoms with van der Waals surface area (Å²) >= 11 is 24.4. The number of aliphatic imine (C=N–C) groups is 1. The minimum atomic E-state index is -3.69. The number of rotatable bonds is 32. The van der Waals surface area contributed by atoms with Gasteiger partial charge in [0.2, 0.25) is 35.0 Å². The number of fused-ring (bicyclic) bond motifs is 5. The molecule has 0 bridgehead atoms. The van der Waals surface area contributed by atoms with Crippen molar-refractivity contribution in [3.8, 4) is 28.7 Å². The van der Waals surface area contributed by atoms with E-state index in [1.54, 1.807) is 75.6 Å². The first kappa shape index (κ1) is 104. The van der Waals surface area contributed by atoms with Crippen molar-refractivity contribution in [2.75, 3.05) is 144 Å². The summed E-state index contributed by atoms with van der Waals surface area (Å²) in [7, 11) is -5.98. The maximum Gasteiger partial charge on any atom is 0.275 e. The van der Waals surface area contributed by atoms with Crippen molar-refractivity contribution in [2.24, 2.45) is 4.99 Å². The lowest BCUT2D eigenvalue weighted by Gasteiger charge is -2.33. The lowest BCUT2D eigenvalue weighted by molar-refractivity contribution is 0.0598. The molecule has 4 atom stereocenters. The van der Waals surface area contributed by atoms with Gasteiger partial charge in [0.1, 0.15) is 109 Å². The molecule has 33 heteroatoms. The first-order valence-corrected chi connectivity index (χ1v) is 53.7. The van der Waals surface area contributed by atoms with Gasteiger partial charge < -0.3 is 86.1 Å². The molecular formula is C106H124Cl4N6O20S3. The molecule has 0 unspecified atom stereocenters. The Labute approximate surface area is 833 Å². The molecule has 18 rings (SSSR count). The third-order valence-corrected chi connectivity index (χ3v) is 32.9. The highest BCUT2D eigenvalue weighted by Crippen LogP contribution is 2.41. The number of aryl methyl sites for hydroxylation is 2. The average molecular weight is 2040 g/mol. The average Bonchev–Trinajstić information content (AvgIpc) is 1.65. The number of hydrogen-bond donors (Lipinski definition) is 4. The predicted molar refractivity (Wildman–Crippen MR) is 547 cm³/mol. The minimum absolute atomic E-state index is 0.0259. The summed E-state index contributed by atoms with van der Waals surface area (Å²) < 4.78 is 132. The van der Waals surface area contributed by atoms with Crippen molar-refractivity contribution in [3.05, 3.63) is 247 Å². The molecule has 9 heterocycles. The monoisotopic (exact) mass is 2040 g/mol. The Morgan fingerprint density at radius 1 is 0.410 bits per heavy atom. The number of β-amino-alcohol motifs (C(OH)–C–C–N with tert-alkyl or cyclic N) is 4. The summed E-state index contributed by atoms with van der Waals surface area (Å²) in [5.41, 5.74) is 9.65. The third kappa shape index (κ3) is 26.5. The normalized spacial score (nSPS) is 17.4. The van der Waals surface area contributed by atoms with Gasteiger partial charge in [-0.3, -0.25) is 0 Å². The van der Waals surface area contributed by atoms with Gasteiger partial charge in [-0.2, -0.15) is 0 Å². The fourth-order valence-corrected chi connectivity index (χ4v) is 21.4. The summed E-state index contributed by atoms with van der Waals surface area (Å²) in [6.45, 7) is 22.0. The zero-order valence-electron chi connectivity index (χ0n) is 79.8. The van der Waals surface area contributed by atoms with Crippen molar-refractivity contribution in [1.82, 2.24) is 23.9 Å². The number of likely N-dealkylation sites (tertiary alicyclic amines) is 4. The number of aliphatic hydroxyl groups excluding tert-OH is 4. The second-order valence-electron chi connectivity index (χ2n) is 37.4. The fourth-order valence-electron chi connectivity index (χ4n) is 18.4. The molecule has 744 valence electrons. The molecule has 9 aromatic carbocycles. The van der Waals surface area contributed by atoms with E-state index in [1.807, 2.05) is 80.6 Å². The summed E-state index contributed by atoms with van der Waals surface area (Å²) in [5.74, 6) is 6.06. The number of furan rings is 4. The van der Waals surface area contributed by atoms with Crippen LogP contribution in [0.15, 0.2) is 226 Å². The highest BCUT2D eigenvalue weighted by Gasteiger charge is 2.34. The number of hydrogen-bond acceptors (Lipinski definition) is 25. The Bertz CT molecular complexity index is 6600. The summed E-state index contributed by atoms with van der Waals surface area (Å²) in [5, 5.41) is 49.5. The van der Waals surface area contributed by atoms with Gasteiger partial charge in [-0.15, -0.1) is 0 Å². The molecule has 5 aliphatic heterocycles. The number of sulfone groups is 2. The second-order valence-corrected chi connectivity index (χ2v) is 45.5. The SMILES string of the molecule is CCS(=O)(=O)c1cc2c(OC[C@@H](O)CN3CCC(c4ccc(C)c(C)c4)CC3)cccc2o1.CCS(=O)(=O)c1cc2c(OC[C@@H](O)CN3CCC(c4ccc(Cl)c(Cl)c4)CC3)cccc2o1.CN(C)S(=O)(=O)c1cc2c(OC[C@@H](O)CN3CCC(c4ccc(Cl)c(Cl)c4)CC3)cccc2o1.COc1ccc2cc(C3CCN(C[C@H](O)COc4cccc5oc(C6=NC(C)(C)CO6)cc45)CC3)ccc2c1. The molecule has 4 aromatic heterocycles. The molecule has 5 aliphatic rings. The van der Waals surface area contributed by atoms with Gasteiger partial charge in [-0.05, 0) is 284 Å². The van der Waals surface area contributed by atoms with Crippen molar-refractivity contribution in [2.45, 2.75) is 162 Å². The Kier molecular flexibility index (Phi) is 34.6. The molecule has 0 saturated carbocycles. The first-order chi connectivity index (χ1) is 66.5. The van der Waals surface area contributed by atoms with Crippen LogP contribution in [0.4, 0.5) is 0 Å². The molecule has 4 N–H and O–H groups in total. The number of sulfonamides is 1. The smallest absolute Gasteiger partial charge is 0.275 e. The van der Waals surface area contributed by atoms with Crippen molar-refractivity contribution >= 4 is 137 Å². The van der Waals surface area contributed by atoms with Gasteiger partial charge in [0.15, 0.2) is 5.76 Å². The number of aliphatic hydroxyl groups is 4. The number of ether oxygens (including phenoxy) is 6. The van der Waals surface area contributed by atoms with E-state index in [1.165, 1.54) is 76.4 Å². The van der Waals surface area contributed by atoms with Crippen LogP contribution in [0.2, 0.25) is 20.1 Å². The Hall–Kier alpha value is -9.48. The molecule has 4 saturated heterocycles. The van der Waals surface area contributed by atoms with Gasteiger partial charge in [0, 0.05) is 64.5 Å². The van der Waals surface area contributed by atoms with Gasteiger partial charge in [-0.1, -0.05) is 139 Å². The molecule has 0 radical (unpaired) electrons. The topological polar surface area (TPSA) is 320 Å². The third-order valence-electron chi connectivity index (χ3n) is 26.6. The van der Waals surface area contributed by atoms with Crippen LogP contribution in [0.25, 0.3) is 54.6 Å². The standard InChI is InChI=1S/C32H36N2O5.C26H33NO5S.C24H28Cl2N2O5S.C24H27Cl2NO5S/c1-32(2)20-38-31(33-32)30-17-27-28(5-4-6-29(27)39-30)37-19-25(35)18-34-13-11-21(12-14-34)22-7-8-24-16-26(36-3)10-9-23(24)15-22;1-4-33(29,30)26-15-23-24(6-5-7-25(23)32-26)31-17-22(28)16-27-12-10-20(11-13-27)21-9-8-18(2)19(3)14-21;1-27(2)34(30,31)24-13-19-22(4-3-5-23(19)33-24)32-15-18(29)14-28-10-8-16(9-11-28)17-6-7-20(25)21(26)12-17;1-2-33(29,30)24-13-19-22(4-3-5-23(19)32-24)31-15-18(28)14-27-10-8-16(9-11-27)17-6-7-20(25)21(26)12-17/h4-10,15-17,21,25,35H,11-14,18-20H2,1-3H3;5-9,14-15,20,22,28H,4,10-13,16-17H2,1-3H3;3-7,12-13,16,18,29H,8-11,14-15H2,1-2H3;3-7,12-13,16,18,28H,2,8-11,14-15H2,1H3/t25-;22-;2*18-/m0000/s1. The number of halogens is 4. The lowest BCUT2D eigenvalue weighted by Crippen LogP contribution is -2.40. The summed E-state index contributed by atoms with van der Waals surface area (Å²) in [6.07, 6.45) is 5.66. The largest absolute Gasteiger partial charge is 0.497 e. The van der Waals surface area contributed by atoms with Crippen molar-refractivity contribution in [1.29, 1.82) is 0 Å². The van der Waals surface area contributed by atoms with Crippen LogP contribution >= 0.6 is 46.4 Å². The molecule has 0 spiro atoms. The fraction of sp³-hybridized carbons (Fsp3) is 0.425. The Morgan fingerprint density at radius 2 is 0.748 bits per heavy atom. The van der Waals surface area contributed by atoms with Gasteiger partial charge in [0.05, 0.1) is 65.8 Å². The Morgan fingerprint density at radius 3 is 1.11 bits per heavy atom. The molecule has 139 heavy (non-hydrogen) atoms. The van der Waals surface area contributed by atoms with E-state index in [0.29, 0.717) is 150 Å². The molecule has 0 aliphatic carbocycles. The second kappa shape index (κ2) is 46.3. The maximum absolute atomic E-state index is 12.4. The molecule has 0 amide bonds. The van der Waals surface area contributed by atoms with Crippen LogP contribution < -0.4 is 23.7 Å². The van der Waals surface area contributed by atoms with E-state index in [4.69, 9.17) is 92.5 Å². The quantitative estimate of drug-likeness (QED) is 0.0304. The van der Waals surface area contributed by atoms with Crippen molar-refractivity contribution < 1.29 is 91.8 Å². The number of piperidine rings is 4. The molecule has 26 nitrogen and oxygen atoms in total. The molecule has 4 fully saturated rings. The van der Waals surface area contributed by atoms with Crippen LogP contribution in [0, 0.1) is 13.8 Å². The highest BCUT2D eigenvalue weighted by atomic mass is 35.5. The van der Waals surface area contributed by atoms with Gasteiger partial charge in [0.25, 0.3) is 15.9 Å². The predicted octanol–water partition coefficient (Wildman–Crippen LogP) is 20.0. The van der Waals surface area contributed by atoms with Gasteiger partial charge in [-0.25, -0.2) is 34.6 Å². The van der Waals surface area contributed by atoms with Crippen molar-refractivity contribution in [3.63, 3.8) is 0 Å². The van der Waals surface area contributed by atoms with Crippen LogP contribution in [-0.2, 0) is 34.4 Å². The Balaban J connectivity index is 0.000000141. The van der Waals surface area contributed by atoms with Gasteiger partial charge >= 0.3 is 0 Å². The first-order valence-electron chi connectivity index (χ1n) is 47.4. The molecular weight excluding hydrogens is 1920 g/mol. The number of methoxy groups -OCH3 is 1. The van der Waals surface area contributed by atoms with Crippen LogP contribution in [0.5, 0.6) is 28.7 Å². The highest BCUT2D eigenvalue weighted by molar-refractivity contribution is 7.91. The van der Waals surface area contributed by atoms with E-state index in [9.17, 15) is 45.7 Å². The number of nitrogens with zero attached hydrogens (tertiary/aromatic N) is 6. The minimum Gasteiger partial charge on any atom is -0.497 e. The zero-order chi connectivity index (χ0) is 98.6. The lowest BCUT2D eigenvalue weighted by atomic mass is 9.88. The molecule has 13 aromatic rings. The van der Waals surface area contributed by atoms with E-state index in [-0.39, 0.29) is 58.7 Å². The van der Waals surface area contributed by atoms with E-state index < -0.39 is 54.1 Å². The van der Waals surface area contributed by atoms with Crippen LogP contribution in [0.1, 0.15) is 142 Å². The summed E-state index contributed by atoms with van der Waals surface area (Å²) in [6, 6.07) is 59.0. The maximum atomic E-state index is 12.4. The van der Waals surface area contributed by atoms with Crippen LogP contribution in [0.3, 0.4) is 0 Å². The zero-order valence-corrected chi connectivity index (χ0v) is 85.3. The van der Waals surface area contributed by atoms with E-state index in [2.05, 4.69) is 87.0 Å². The number of benzene rings is 9. The summed E-state index contributed by atoms with van der Waals surface area (Å²) in [4.78, 5) is 13.7.